The second-order valence-electron chi connectivity index (χ2n) is 7.33. The number of methoxy groups -OCH3 is 1. The third-order valence-corrected chi connectivity index (χ3v) is 4.71. The van der Waals surface area contributed by atoms with E-state index in [1.165, 1.54) is 0 Å². The van der Waals surface area contributed by atoms with Crippen LogP contribution < -0.4 is 15.0 Å². The average molecular weight is 398 g/mol. The van der Waals surface area contributed by atoms with Crippen LogP contribution in [0.15, 0.2) is 29.5 Å². The smallest absolute Gasteiger partial charge is 0.176 e. The monoisotopic (exact) mass is 397 g/mol. The van der Waals surface area contributed by atoms with Crippen LogP contribution in [0.5, 0.6) is 11.5 Å². The van der Waals surface area contributed by atoms with Gasteiger partial charge in [0, 0.05) is 12.5 Å². The molecule has 7 nitrogen and oxygen atoms in total. The third-order valence-electron chi connectivity index (χ3n) is 4.71. The molecule has 0 aliphatic carbocycles. The molecule has 2 aromatic heterocycles. The van der Waals surface area contributed by atoms with Crippen LogP contribution in [-0.2, 0) is 6.54 Å². The van der Waals surface area contributed by atoms with E-state index in [0.29, 0.717) is 31.1 Å². The summed E-state index contributed by atoms with van der Waals surface area (Å²) in [6.45, 7) is 10.4. The van der Waals surface area contributed by atoms with Crippen molar-refractivity contribution in [2.24, 2.45) is 4.99 Å². The molecule has 0 radical (unpaired) electrons. The maximum absolute atomic E-state index is 5.93. The van der Waals surface area contributed by atoms with Gasteiger partial charge >= 0.3 is 0 Å². The first-order valence-electron chi connectivity index (χ1n) is 10.3. The normalized spacial score (nSPS) is 12.1. The number of nitrogens with one attached hydrogen (secondary N) is 1. The summed E-state index contributed by atoms with van der Waals surface area (Å²) in [5, 5.41) is 0. The highest BCUT2D eigenvalue weighted by Crippen LogP contribution is 2.29. The van der Waals surface area contributed by atoms with E-state index in [9.17, 15) is 0 Å². The van der Waals surface area contributed by atoms with Gasteiger partial charge in [0.25, 0.3) is 0 Å². The number of ether oxygens (including phenoxy) is 2. The molecule has 0 spiro atoms. The van der Waals surface area contributed by atoms with Crippen LogP contribution in [0.2, 0.25) is 0 Å². The number of imidazole rings is 1. The topological polar surface area (TPSA) is 77.3 Å². The number of fused-ring (bicyclic) bond motifs is 1. The van der Waals surface area contributed by atoms with Gasteiger partial charge in [0.05, 0.1) is 26.6 Å². The number of unbranched alkanes of at least 4 members (excludes halogenated alkanes) is 1. The summed E-state index contributed by atoms with van der Waals surface area (Å²) in [5.74, 6) is 2.75. The van der Waals surface area contributed by atoms with E-state index in [1.807, 2.05) is 36.0 Å². The molecule has 0 aliphatic heterocycles. The van der Waals surface area contributed by atoms with E-state index in [1.54, 1.807) is 7.11 Å². The zero-order valence-electron chi connectivity index (χ0n) is 18.0. The highest BCUT2D eigenvalue weighted by atomic mass is 16.5. The van der Waals surface area contributed by atoms with Crippen molar-refractivity contribution in [2.45, 2.75) is 53.0 Å². The number of aromatic nitrogens is 4. The van der Waals surface area contributed by atoms with Crippen LogP contribution in [0.4, 0.5) is 0 Å². The predicted octanol–water partition coefficient (Wildman–Crippen LogP) is 4.04. The Bertz CT molecular complexity index is 1020. The highest BCUT2D eigenvalue weighted by molar-refractivity contribution is 5.69. The van der Waals surface area contributed by atoms with Gasteiger partial charge in [-0.15, -0.1) is 0 Å². The molecule has 0 saturated heterocycles. The fourth-order valence-electron chi connectivity index (χ4n) is 3.10. The van der Waals surface area contributed by atoms with Gasteiger partial charge in [-0.25, -0.2) is 9.97 Å². The molecule has 0 amide bonds. The van der Waals surface area contributed by atoms with Crippen molar-refractivity contribution >= 4 is 11.2 Å². The van der Waals surface area contributed by atoms with E-state index in [2.05, 4.69) is 35.7 Å². The van der Waals surface area contributed by atoms with Gasteiger partial charge in [-0.3, -0.25) is 4.99 Å². The van der Waals surface area contributed by atoms with Crippen molar-refractivity contribution in [1.82, 2.24) is 19.5 Å². The molecule has 7 heteroatoms. The molecule has 0 unspecified atom stereocenters. The summed E-state index contributed by atoms with van der Waals surface area (Å²) in [6.07, 6.45) is 3.91. The fourth-order valence-corrected chi connectivity index (χ4v) is 3.10. The Balaban J connectivity index is 1.98. The molecule has 2 heterocycles. The largest absolute Gasteiger partial charge is 0.493 e. The standard InChI is InChI=1S/C22H31N5O2/c1-6-8-11-29-18-12-16(9-10-17(18)28-5)13-27-14-24-21(23-7-2)19-22(27)26-20(25-19)15(3)4/h9-10,12,14-15H,6-8,11,13H2,1-5H3,(H,25,26). The molecule has 0 saturated carbocycles. The molecule has 1 N–H and O–H groups in total. The maximum atomic E-state index is 5.93. The van der Waals surface area contributed by atoms with Crippen molar-refractivity contribution < 1.29 is 9.47 Å². The lowest BCUT2D eigenvalue weighted by molar-refractivity contribution is 0.288. The van der Waals surface area contributed by atoms with Crippen LogP contribution in [0.3, 0.4) is 0 Å². The maximum Gasteiger partial charge on any atom is 0.176 e. The minimum atomic E-state index is 0.296. The van der Waals surface area contributed by atoms with Gasteiger partial charge in [0.2, 0.25) is 0 Å². The Hall–Kier alpha value is -2.83. The molecule has 3 aromatic rings. The number of rotatable bonds is 9. The van der Waals surface area contributed by atoms with Gasteiger partial charge in [0.1, 0.15) is 11.3 Å². The second-order valence-corrected chi connectivity index (χ2v) is 7.33. The van der Waals surface area contributed by atoms with E-state index in [-0.39, 0.29) is 0 Å². The molecule has 3 rings (SSSR count). The Labute approximate surface area is 171 Å². The Kier molecular flexibility index (Phi) is 6.90. The SMILES string of the molecule is CCCCOc1cc(Cn2cnc(=NCC)c3[nH]c(C(C)C)nc32)ccc1OC. The zero-order valence-corrected chi connectivity index (χ0v) is 18.0. The van der Waals surface area contributed by atoms with Gasteiger partial charge in [-0.2, -0.15) is 0 Å². The molecule has 0 aliphatic rings. The number of benzene rings is 1. The molecule has 1 aromatic carbocycles. The van der Waals surface area contributed by atoms with Crippen molar-refractivity contribution in [1.29, 1.82) is 0 Å². The first-order chi connectivity index (χ1) is 14.1. The molecule has 29 heavy (non-hydrogen) atoms. The number of hydrogen-bond acceptors (Lipinski definition) is 5. The summed E-state index contributed by atoms with van der Waals surface area (Å²) >= 11 is 0. The first-order valence-corrected chi connectivity index (χ1v) is 10.3. The van der Waals surface area contributed by atoms with Crippen molar-refractivity contribution in [3.05, 3.63) is 41.4 Å². The van der Waals surface area contributed by atoms with Gasteiger partial charge in [0.15, 0.2) is 22.6 Å². The molecular formula is C22H31N5O2. The first kappa shape index (κ1) is 20.9. The van der Waals surface area contributed by atoms with Crippen LogP contribution >= 0.6 is 0 Å². The lowest BCUT2D eigenvalue weighted by Crippen LogP contribution is -2.15. The van der Waals surface area contributed by atoms with E-state index in [4.69, 9.17) is 14.5 Å². The zero-order chi connectivity index (χ0) is 20.8. The van der Waals surface area contributed by atoms with Gasteiger partial charge < -0.3 is 19.0 Å². The predicted molar refractivity (Wildman–Crippen MR) is 115 cm³/mol. The van der Waals surface area contributed by atoms with E-state index < -0.39 is 0 Å². The van der Waals surface area contributed by atoms with Crippen molar-refractivity contribution in [3.8, 4) is 11.5 Å². The summed E-state index contributed by atoms with van der Waals surface area (Å²) in [7, 11) is 1.66. The highest BCUT2D eigenvalue weighted by Gasteiger charge is 2.13. The summed E-state index contributed by atoms with van der Waals surface area (Å²) in [5.41, 5.74) is 3.54. The summed E-state index contributed by atoms with van der Waals surface area (Å²) < 4.78 is 13.4. The minimum absolute atomic E-state index is 0.296. The Morgan fingerprint density at radius 1 is 1.21 bits per heavy atom. The molecular weight excluding hydrogens is 366 g/mol. The van der Waals surface area contributed by atoms with Crippen molar-refractivity contribution in [3.63, 3.8) is 0 Å². The fraction of sp³-hybridized carbons (Fsp3) is 0.500. The van der Waals surface area contributed by atoms with E-state index >= 15 is 0 Å². The Morgan fingerprint density at radius 2 is 2.03 bits per heavy atom. The van der Waals surface area contributed by atoms with Crippen LogP contribution in [-0.4, -0.2) is 39.8 Å². The summed E-state index contributed by atoms with van der Waals surface area (Å²) in [6, 6.07) is 6.03. The second kappa shape index (κ2) is 9.58. The minimum Gasteiger partial charge on any atom is -0.493 e. The lowest BCUT2D eigenvalue weighted by atomic mass is 10.2. The number of hydrogen-bond donors (Lipinski definition) is 1. The van der Waals surface area contributed by atoms with Gasteiger partial charge in [-0.05, 0) is 31.0 Å². The lowest BCUT2D eigenvalue weighted by Gasteiger charge is -2.13. The third kappa shape index (κ3) is 4.78. The Morgan fingerprint density at radius 3 is 2.72 bits per heavy atom. The van der Waals surface area contributed by atoms with Crippen LogP contribution in [0.25, 0.3) is 11.2 Å². The number of aromatic amines is 1. The molecule has 0 atom stereocenters. The van der Waals surface area contributed by atoms with Gasteiger partial charge in [-0.1, -0.05) is 33.3 Å². The molecule has 156 valence electrons. The summed E-state index contributed by atoms with van der Waals surface area (Å²) in [4.78, 5) is 17.3. The number of H-pyrrole nitrogens is 1. The van der Waals surface area contributed by atoms with E-state index in [0.717, 1.165) is 46.9 Å². The van der Waals surface area contributed by atoms with Crippen LogP contribution in [0, 0.1) is 0 Å². The molecule has 0 bridgehead atoms. The molecule has 0 fully saturated rings. The number of nitrogens with zero attached hydrogens (tertiary/aromatic N) is 4. The van der Waals surface area contributed by atoms with Crippen LogP contribution in [0.1, 0.15) is 57.8 Å². The quantitative estimate of drug-likeness (QED) is 0.553. The average Bonchev–Trinajstić information content (AvgIpc) is 3.17. The van der Waals surface area contributed by atoms with Crippen molar-refractivity contribution in [2.75, 3.05) is 20.3 Å².